The number of amides is 5. The van der Waals surface area contributed by atoms with Gasteiger partial charge in [-0.15, -0.1) is 0 Å². The van der Waals surface area contributed by atoms with E-state index in [0.29, 0.717) is 58.5 Å². The van der Waals surface area contributed by atoms with Gasteiger partial charge in [-0.25, -0.2) is 14.3 Å². The van der Waals surface area contributed by atoms with Gasteiger partial charge in [0.2, 0.25) is 11.8 Å². The lowest BCUT2D eigenvalue weighted by Gasteiger charge is -2.31. The molecule has 4 N–H and O–H groups in total. The fourth-order valence-corrected chi connectivity index (χ4v) is 9.39. The molecule has 4 aliphatic heterocycles. The second-order valence-corrected chi connectivity index (χ2v) is 18.5. The first kappa shape index (κ1) is 43.3. The van der Waals surface area contributed by atoms with Crippen LogP contribution in [0.5, 0.6) is 0 Å². The summed E-state index contributed by atoms with van der Waals surface area (Å²) in [5.41, 5.74) is -1.54. The van der Waals surface area contributed by atoms with E-state index in [1.165, 1.54) is 9.21 Å². The molecule has 1 aliphatic carbocycles. The number of hydrogen-bond acceptors (Lipinski definition) is 11. The summed E-state index contributed by atoms with van der Waals surface area (Å²) in [6, 6.07) is 6.78. The van der Waals surface area contributed by atoms with Crippen molar-refractivity contribution in [3.8, 4) is 0 Å². The molecule has 0 radical (unpaired) electrons. The first-order chi connectivity index (χ1) is 27.6. The second-order valence-electron chi connectivity index (χ2n) is 16.9. The summed E-state index contributed by atoms with van der Waals surface area (Å²) in [6.45, 7) is 8.63. The number of alkyl carbamates (subject to hydrolysis) is 2. The average molecular weight is 830 g/mol. The van der Waals surface area contributed by atoms with Crippen LogP contribution in [0.1, 0.15) is 90.2 Å². The summed E-state index contributed by atoms with van der Waals surface area (Å²) < 4.78 is 46.8. The zero-order valence-electron chi connectivity index (χ0n) is 33.8. The minimum absolute atomic E-state index is 0.103. The van der Waals surface area contributed by atoms with Crippen molar-refractivity contribution in [2.75, 3.05) is 52.5 Å². The summed E-state index contributed by atoms with van der Waals surface area (Å²) in [5, 5.41) is 8.54. The Kier molecular flexibility index (Phi) is 14.0. The molecular weight excluding hydrogens is 771 g/mol. The van der Waals surface area contributed by atoms with E-state index in [2.05, 4.69) is 25.6 Å². The van der Waals surface area contributed by atoms with Gasteiger partial charge in [-0.1, -0.05) is 55.3 Å². The van der Waals surface area contributed by atoms with Crippen LogP contribution in [0.3, 0.4) is 0 Å². The molecule has 320 valence electrons. The van der Waals surface area contributed by atoms with Crippen LogP contribution < -0.4 is 20.7 Å². The van der Waals surface area contributed by atoms with E-state index in [1.54, 1.807) is 20.8 Å². The number of carbonyl (C=O) groups excluding carboxylic acids is 5. The van der Waals surface area contributed by atoms with Crippen LogP contribution in [-0.4, -0.2) is 134 Å². The minimum atomic E-state index is -4.16. The van der Waals surface area contributed by atoms with Crippen LogP contribution in [0, 0.1) is 5.92 Å². The van der Waals surface area contributed by atoms with Crippen LogP contribution in [0.15, 0.2) is 42.5 Å². The summed E-state index contributed by atoms with van der Waals surface area (Å²) in [4.78, 5) is 73.0. The number of ether oxygens (including phenoxy) is 3. The van der Waals surface area contributed by atoms with Gasteiger partial charge < -0.3 is 35.1 Å². The normalized spacial score (nSPS) is 28.7. The van der Waals surface area contributed by atoms with Crippen molar-refractivity contribution in [3.63, 3.8) is 0 Å². The molecule has 5 amide bonds. The highest BCUT2D eigenvalue weighted by molar-refractivity contribution is 7.87. The standard InChI is InChI=1S/C40H59N7O10S/c1-39(2,3)57-38(52)41-31-17-11-6-4-5-10-16-29-25-40(29,36(50)44-58(53,54)46-18-12-13-19-46)43-34(48)33-24-30(26-47(33)35(31)49)56-37(51)42-32(28-14-8-7-9-15-28)27-45-20-22-55-23-21-45/h7-10,14-16,29-33H,4-6,11-13,17-27H2,1-3H3,(H,41,52)(H,42,51)(H,43,48)(H,44,50)/b16-10+. The molecule has 17 nitrogen and oxygen atoms in total. The summed E-state index contributed by atoms with van der Waals surface area (Å²) in [5.74, 6) is -2.61. The lowest BCUT2D eigenvalue weighted by Crippen LogP contribution is -2.59. The van der Waals surface area contributed by atoms with Crippen molar-refractivity contribution < 1.29 is 46.6 Å². The minimum Gasteiger partial charge on any atom is -0.444 e. The molecule has 0 bridgehead atoms. The molecule has 5 aliphatic rings. The van der Waals surface area contributed by atoms with Gasteiger partial charge in [0.25, 0.3) is 5.91 Å². The Hall–Kier alpha value is -4.26. The SMILES string of the molecule is CC(C)(C)OC(=O)NC1CCCCC/C=C/C2CC2(C(=O)NS(=O)(=O)N2CCCC2)NC(=O)C2CC(OC(=O)NC(CN3CCOCC3)c3ccccc3)CN2C1=O. The number of morpholine rings is 1. The highest BCUT2D eigenvalue weighted by Crippen LogP contribution is 2.46. The molecule has 6 atom stereocenters. The Morgan fingerprint density at radius 2 is 1.71 bits per heavy atom. The number of nitrogens with zero attached hydrogens (tertiary/aromatic N) is 3. The summed E-state index contributed by atoms with van der Waals surface area (Å²) in [7, 11) is -4.16. The first-order valence-electron chi connectivity index (χ1n) is 20.6. The number of carbonyl (C=O) groups is 5. The lowest BCUT2D eigenvalue weighted by atomic mass is 10.0. The van der Waals surface area contributed by atoms with Crippen molar-refractivity contribution in [1.29, 1.82) is 0 Å². The number of nitrogens with one attached hydrogen (secondary N) is 4. The molecule has 18 heteroatoms. The molecule has 4 fully saturated rings. The number of hydrogen-bond donors (Lipinski definition) is 4. The van der Waals surface area contributed by atoms with E-state index in [4.69, 9.17) is 14.2 Å². The Morgan fingerprint density at radius 3 is 2.41 bits per heavy atom. The predicted octanol–water partition coefficient (Wildman–Crippen LogP) is 2.50. The molecule has 6 unspecified atom stereocenters. The molecule has 3 saturated heterocycles. The zero-order chi connectivity index (χ0) is 41.5. The largest absolute Gasteiger partial charge is 0.444 e. The van der Waals surface area contributed by atoms with E-state index in [-0.39, 0.29) is 38.9 Å². The number of allylic oxidation sites excluding steroid dienone is 1. The molecule has 4 heterocycles. The Labute approximate surface area is 341 Å². The fourth-order valence-electron chi connectivity index (χ4n) is 8.11. The average Bonchev–Trinajstić information content (AvgIpc) is 3.47. The molecule has 0 spiro atoms. The smallest absolute Gasteiger partial charge is 0.408 e. The second kappa shape index (κ2) is 18.8. The van der Waals surface area contributed by atoms with Crippen LogP contribution in [0.2, 0.25) is 0 Å². The van der Waals surface area contributed by atoms with Gasteiger partial charge in [-0.05, 0) is 64.9 Å². The van der Waals surface area contributed by atoms with Crippen molar-refractivity contribution >= 4 is 40.1 Å². The molecule has 1 aromatic rings. The number of benzene rings is 1. The lowest BCUT2D eigenvalue weighted by molar-refractivity contribution is -0.141. The van der Waals surface area contributed by atoms with Crippen LogP contribution in [0.25, 0.3) is 0 Å². The van der Waals surface area contributed by atoms with Crippen LogP contribution >= 0.6 is 0 Å². The van der Waals surface area contributed by atoms with Gasteiger partial charge in [0.05, 0.1) is 25.8 Å². The molecule has 1 aromatic carbocycles. The maximum atomic E-state index is 14.5. The van der Waals surface area contributed by atoms with Gasteiger partial charge in [0.15, 0.2) is 0 Å². The third-order valence-corrected chi connectivity index (χ3v) is 12.8. The Bertz CT molecular complexity index is 1780. The van der Waals surface area contributed by atoms with Crippen molar-refractivity contribution in [2.45, 2.75) is 114 Å². The predicted molar refractivity (Wildman–Crippen MR) is 212 cm³/mol. The first-order valence-corrected chi connectivity index (χ1v) is 22.0. The zero-order valence-corrected chi connectivity index (χ0v) is 34.6. The van der Waals surface area contributed by atoms with Crippen LogP contribution in [-0.2, 0) is 38.8 Å². The van der Waals surface area contributed by atoms with E-state index in [1.807, 2.05) is 42.5 Å². The van der Waals surface area contributed by atoms with E-state index >= 15 is 0 Å². The number of rotatable bonds is 9. The Balaban J connectivity index is 1.24. The van der Waals surface area contributed by atoms with Gasteiger partial charge in [-0.2, -0.15) is 12.7 Å². The molecular formula is C40H59N7O10S. The maximum Gasteiger partial charge on any atom is 0.408 e. The summed E-state index contributed by atoms with van der Waals surface area (Å²) in [6.07, 6.45) is 5.73. The van der Waals surface area contributed by atoms with E-state index in [0.717, 1.165) is 18.4 Å². The van der Waals surface area contributed by atoms with Crippen molar-refractivity contribution in [2.24, 2.45) is 5.92 Å². The molecule has 6 rings (SSSR count). The summed E-state index contributed by atoms with van der Waals surface area (Å²) >= 11 is 0. The monoisotopic (exact) mass is 829 g/mol. The topological polar surface area (TPSA) is 205 Å². The molecule has 1 saturated carbocycles. The molecule has 58 heavy (non-hydrogen) atoms. The van der Waals surface area contributed by atoms with Crippen molar-refractivity contribution in [1.82, 2.24) is 34.8 Å². The van der Waals surface area contributed by atoms with Crippen LogP contribution in [0.4, 0.5) is 9.59 Å². The van der Waals surface area contributed by atoms with Gasteiger partial charge in [0, 0.05) is 45.1 Å². The Morgan fingerprint density at radius 1 is 0.983 bits per heavy atom. The third-order valence-electron chi connectivity index (χ3n) is 11.3. The highest BCUT2D eigenvalue weighted by Gasteiger charge is 2.62. The van der Waals surface area contributed by atoms with Gasteiger partial charge in [-0.3, -0.25) is 19.3 Å². The van der Waals surface area contributed by atoms with Gasteiger partial charge in [0.1, 0.15) is 29.3 Å². The quantitative estimate of drug-likeness (QED) is 0.266. The highest BCUT2D eigenvalue weighted by atomic mass is 32.2. The van der Waals surface area contributed by atoms with E-state index < -0.39 is 81.4 Å². The van der Waals surface area contributed by atoms with E-state index in [9.17, 15) is 32.4 Å². The third kappa shape index (κ3) is 11.3. The maximum absolute atomic E-state index is 14.5. The number of fused-ring (bicyclic) bond motifs is 2. The fraction of sp³-hybridized carbons (Fsp3) is 0.675. The van der Waals surface area contributed by atoms with Crippen molar-refractivity contribution in [3.05, 3.63) is 48.0 Å². The molecule has 0 aromatic heterocycles. The van der Waals surface area contributed by atoms with Gasteiger partial charge >= 0.3 is 22.4 Å².